The van der Waals surface area contributed by atoms with Crippen LogP contribution in [-0.2, 0) is 7.05 Å². The van der Waals surface area contributed by atoms with Crippen molar-refractivity contribution in [3.8, 4) is 0 Å². The van der Waals surface area contributed by atoms with Crippen LogP contribution in [0.2, 0.25) is 0 Å². The van der Waals surface area contributed by atoms with Gasteiger partial charge in [0.25, 0.3) is 0 Å². The van der Waals surface area contributed by atoms with Gasteiger partial charge in [-0.15, -0.1) is 6.58 Å². The molecule has 2 nitrogen and oxygen atoms in total. The Kier molecular flexibility index (Phi) is 12.1. The van der Waals surface area contributed by atoms with Gasteiger partial charge in [-0.2, -0.15) is 0 Å². The van der Waals surface area contributed by atoms with Crippen molar-refractivity contribution in [1.29, 1.82) is 0 Å². The maximum absolute atomic E-state index is 4.37. The number of thioether (sulfide) groups is 2. The molecule has 1 aliphatic rings. The van der Waals surface area contributed by atoms with Gasteiger partial charge in [-0.25, -0.2) is 4.57 Å². The molecule has 1 aliphatic heterocycles. The van der Waals surface area contributed by atoms with E-state index in [4.69, 9.17) is 0 Å². The molecule has 1 aromatic heterocycles. The molecule has 0 bridgehead atoms. The van der Waals surface area contributed by atoms with Crippen LogP contribution in [0.1, 0.15) is 45.9 Å². The number of aryl methyl sites for hydroxylation is 2. The molecule has 2 aromatic rings. The highest BCUT2D eigenvalue weighted by atomic mass is 32.2. The van der Waals surface area contributed by atoms with Gasteiger partial charge in [0.15, 0.2) is 6.20 Å². The molecule has 31 heavy (non-hydrogen) atoms. The van der Waals surface area contributed by atoms with Gasteiger partial charge in [0.05, 0.1) is 5.03 Å². The first kappa shape index (κ1) is 26.9. The summed E-state index contributed by atoms with van der Waals surface area (Å²) in [6.45, 7) is 21.4. The maximum Gasteiger partial charge on any atom is 0.207 e. The van der Waals surface area contributed by atoms with E-state index in [1.165, 1.54) is 25.3 Å². The Bertz CT molecular complexity index is 942. The number of pyridine rings is 1. The molecule has 1 saturated heterocycles. The molecule has 4 heteroatoms. The summed E-state index contributed by atoms with van der Waals surface area (Å²) in [6, 6.07) is 14.7. The van der Waals surface area contributed by atoms with Gasteiger partial charge in [-0.1, -0.05) is 82.1 Å². The molecule has 0 amide bonds. The summed E-state index contributed by atoms with van der Waals surface area (Å²) in [5, 5.41) is 1.18. The fraction of sp³-hybridized carbons (Fsp3) is 0.296. The predicted molar refractivity (Wildman–Crippen MR) is 142 cm³/mol. The summed E-state index contributed by atoms with van der Waals surface area (Å²) in [5.74, 6) is 0. The molecule has 0 aliphatic carbocycles. The molecular formula is C27H37N2S2+. The fourth-order valence-electron chi connectivity index (χ4n) is 2.88. The highest BCUT2D eigenvalue weighted by molar-refractivity contribution is 8.09. The highest BCUT2D eigenvalue weighted by Gasteiger charge is 2.28. The van der Waals surface area contributed by atoms with Crippen molar-refractivity contribution in [2.45, 2.75) is 46.4 Å². The normalized spacial score (nSPS) is 15.6. The van der Waals surface area contributed by atoms with Gasteiger partial charge in [-0.05, 0) is 31.5 Å². The minimum Gasteiger partial charge on any atom is -0.331 e. The first-order valence-corrected chi connectivity index (χ1v) is 12.5. The SMILES string of the molecule is C=CCN1C(=C)/C(=C(/C)Sc2ccccc2C)S/C1=C\c1cccc[n+]1C.CC.CC. The topological polar surface area (TPSA) is 7.12 Å². The summed E-state index contributed by atoms with van der Waals surface area (Å²) in [4.78, 5) is 6.03. The molecule has 1 aromatic carbocycles. The van der Waals surface area contributed by atoms with Crippen molar-refractivity contribution >= 4 is 29.6 Å². The lowest BCUT2D eigenvalue weighted by atomic mass is 10.2. The van der Waals surface area contributed by atoms with Crippen LogP contribution in [0.3, 0.4) is 0 Å². The summed E-state index contributed by atoms with van der Waals surface area (Å²) in [6.07, 6.45) is 6.21. The van der Waals surface area contributed by atoms with Gasteiger partial charge >= 0.3 is 0 Å². The van der Waals surface area contributed by atoms with Crippen molar-refractivity contribution in [3.05, 3.63) is 99.7 Å². The zero-order valence-corrected chi connectivity index (χ0v) is 21.7. The van der Waals surface area contributed by atoms with Crippen molar-refractivity contribution in [3.63, 3.8) is 0 Å². The zero-order chi connectivity index (χ0) is 23.4. The third-order valence-electron chi connectivity index (χ3n) is 4.42. The lowest BCUT2D eigenvalue weighted by Crippen LogP contribution is -2.31. The average Bonchev–Trinajstić information content (AvgIpc) is 3.10. The Morgan fingerprint density at radius 1 is 1.10 bits per heavy atom. The number of aromatic nitrogens is 1. The molecule has 0 spiro atoms. The molecule has 0 N–H and O–H groups in total. The number of hydrogen-bond acceptors (Lipinski definition) is 3. The number of rotatable bonds is 5. The molecule has 0 saturated carbocycles. The molecular weight excluding hydrogens is 416 g/mol. The van der Waals surface area contributed by atoms with Gasteiger partial charge in [0.2, 0.25) is 5.69 Å². The minimum absolute atomic E-state index is 0.750. The second-order valence-corrected chi connectivity index (χ2v) is 8.71. The monoisotopic (exact) mass is 453 g/mol. The summed E-state index contributed by atoms with van der Waals surface area (Å²) in [7, 11) is 2.06. The van der Waals surface area contributed by atoms with Gasteiger partial charge in [0, 0.05) is 45.2 Å². The highest BCUT2D eigenvalue weighted by Crippen LogP contribution is 2.49. The van der Waals surface area contributed by atoms with Crippen LogP contribution < -0.4 is 4.57 Å². The first-order chi connectivity index (χ1) is 15.0. The van der Waals surface area contributed by atoms with Crippen LogP contribution in [-0.4, -0.2) is 11.4 Å². The molecule has 0 unspecified atom stereocenters. The van der Waals surface area contributed by atoms with Crippen molar-refractivity contribution < 1.29 is 4.57 Å². The summed E-state index contributed by atoms with van der Waals surface area (Å²) in [5.41, 5.74) is 3.50. The lowest BCUT2D eigenvalue weighted by Gasteiger charge is -2.17. The second-order valence-electron chi connectivity index (χ2n) is 6.42. The van der Waals surface area contributed by atoms with Gasteiger partial charge in [-0.3, -0.25) is 0 Å². The minimum atomic E-state index is 0.750. The van der Waals surface area contributed by atoms with Crippen molar-refractivity contribution in [1.82, 2.24) is 4.90 Å². The summed E-state index contributed by atoms with van der Waals surface area (Å²) < 4.78 is 2.12. The average molecular weight is 454 g/mol. The standard InChI is InChI=1S/C23H25N2S2.2C2H6/c1-6-14-25-18(3)23(19(4)26-21-13-8-7-11-17(21)2)27-22(25)16-20-12-9-10-15-24(20)5;2*1-2/h6-13,15-16H,1,3,14H2,2,4-5H3;2*1-2H3/q+1;;/b23-19+;;. The summed E-state index contributed by atoms with van der Waals surface area (Å²) >= 11 is 3.60. The van der Waals surface area contributed by atoms with E-state index in [1.54, 1.807) is 11.8 Å². The third-order valence-corrected chi connectivity index (χ3v) is 7.03. The Hall–Kier alpha value is -2.17. The van der Waals surface area contributed by atoms with Crippen LogP contribution in [0.4, 0.5) is 0 Å². The molecule has 0 atom stereocenters. The first-order valence-electron chi connectivity index (χ1n) is 10.9. The van der Waals surface area contributed by atoms with E-state index in [0.29, 0.717) is 0 Å². The molecule has 3 rings (SSSR count). The van der Waals surface area contributed by atoms with E-state index in [2.05, 4.69) is 92.2 Å². The lowest BCUT2D eigenvalue weighted by molar-refractivity contribution is -0.673. The molecule has 2 heterocycles. The van der Waals surface area contributed by atoms with E-state index in [9.17, 15) is 0 Å². The molecule has 1 fully saturated rings. The Morgan fingerprint density at radius 3 is 2.35 bits per heavy atom. The van der Waals surface area contributed by atoms with Crippen LogP contribution in [0, 0.1) is 6.92 Å². The van der Waals surface area contributed by atoms with E-state index in [0.717, 1.165) is 17.9 Å². The number of nitrogens with zero attached hydrogens (tertiary/aromatic N) is 2. The number of hydrogen-bond donors (Lipinski definition) is 0. The van der Waals surface area contributed by atoms with E-state index in [1.807, 2.05) is 51.6 Å². The Morgan fingerprint density at radius 2 is 1.74 bits per heavy atom. The van der Waals surface area contributed by atoms with E-state index >= 15 is 0 Å². The molecule has 0 radical (unpaired) electrons. The van der Waals surface area contributed by atoms with Crippen molar-refractivity contribution in [2.24, 2.45) is 7.05 Å². The quantitative estimate of drug-likeness (QED) is 0.258. The Labute approximate surface area is 198 Å². The van der Waals surface area contributed by atoms with Gasteiger partial charge in [0.1, 0.15) is 7.05 Å². The van der Waals surface area contributed by atoms with E-state index < -0.39 is 0 Å². The van der Waals surface area contributed by atoms with Crippen molar-refractivity contribution in [2.75, 3.05) is 6.54 Å². The van der Waals surface area contributed by atoms with Crippen LogP contribution in [0.5, 0.6) is 0 Å². The van der Waals surface area contributed by atoms with Gasteiger partial charge < -0.3 is 4.90 Å². The second kappa shape index (κ2) is 14.0. The van der Waals surface area contributed by atoms with E-state index in [-0.39, 0.29) is 0 Å². The number of allylic oxidation sites excluding steroid dienone is 1. The molecule has 166 valence electrons. The zero-order valence-electron chi connectivity index (χ0n) is 20.1. The Balaban J connectivity index is 0.00000113. The fourth-order valence-corrected chi connectivity index (χ4v) is 5.10. The smallest absolute Gasteiger partial charge is 0.207 e. The van der Waals surface area contributed by atoms with Crippen LogP contribution in [0.15, 0.2) is 93.3 Å². The predicted octanol–water partition coefficient (Wildman–Crippen LogP) is 7.94. The van der Waals surface area contributed by atoms with Crippen LogP contribution >= 0.6 is 23.5 Å². The third kappa shape index (κ3) is 7.19. The number of benzene rings is 1. The van der Waals surface area contributed by atoms with Crippen LogP contribution in [0.25, 0.3) is 6.08 Å². The maximum atomic E-state index is 4.37. The largest absolute Gasteiger partial charge is 0.331 e.